The minimum atomic E-state index is 0.212. The molecule has 0 amide bonds. The van der Waals surface area contributed by atoms with Gasteiger partial charge < -0.3 is 9.84 Å². The molecule has 0 aliphatic carbocycles. The molecule has 1 fully saturated rings. The Kier molecular flexibility index (Phi) is 9.40. The standard InChI is InChI=1S/C4H8O.C3H7ClO/c1-2-4-5-3-1;4-2-1-3-5/h1-4H2;5H,1-3H2. The molecular formula is C7H15ClO2. The number of ether oxygens (including phenoxy) is 1. The van der Waals surface area contributed by atoms with Gasteiger partial charge in [-0.05, 0) is 19.3 Å². The summed E-state index contributed by atoms with van der Waals surface area (Å²) in [6, 6.07) is 0. The van der Waals surface area contributed by atoms with Crippen molar-refractivity contribution in [1.82, 2.24) is 0 Å². The lowest BCUT2D eigenvalue weighted by atomic mass is 10.4. The van der Waals surface area contributed by atoms with Gasteiger partial charge in [-0.15, -0.1) is 11.6 Å². The molecule has 0 atom stereocenters. The molecule has 10 heavy (non-hydrogen) atoms. The van der Waals surface area contributed by atoms with Crippen LogP contribution in [0.2, 0.25) is 0 Å². The van der Waals surface area contributed by atoms with Crippen molar-refractivity contribution >= 4 is 11.6 Å². The van der Waals surface area contributed by atoms with Gasteiger partial charge >= 0.3 is 0 Å². The lowest BCUT2D eigenvalue weighted by Gasteiger charge is -1.77. The van der Waals surface area contributed by atoms with E-state index in [-0.39, 0.29) is 6.61 Å². The highest BCUT2D eigenvalue weighted by molar-refractivity contribution is 6.17. The second-order valence-electron chi connectivity index (χ2n) is 2.09. The summed E-state index contributed by atoms with van der Waals surface area (Å²) in [6.45, 7) is 2.21. The molecule has 0 bridgehead atoms. The predicted molar refractivity (Wildman–Crippen MR) is 42.5 cm³/mol. The first-order chi connectivity index (χ1) is 4.91. The average molecular weight is 167 g/mol. The lowest BCUT2D eigenvalue weighted by molar-refractivity contribution is 0.198. The van der Waals surface area contributed by atoms with Gasteiger partial charge in [0.2, 0.25) is 0 Å². The van der Waals surface area contributed by atoms with Crippen LogP contribution in [-0.2, 0) is 4.74 Å². The quantitative estimate of drug-likeness (QED) is 0.629. The van der Waals surface area contributed by atoms with E-state index in [2.05, 4.69) is 0 Å². The molecule has 2 nitrogen and oxygen atoms in total. The Morgan fingerprint density at radius 1 is 1.30 bits per heavy atom. The van der Waals surface area contributed by atoms with Crippen LogP contribution in [0.3, 0.4) is 0 Å². The van der Waals surface area contributed by atoms with Crippen molar-refractivity contribution in [3.05, 3.63) is 0 Å². The van der Waals surface area contributed by atoms with Crippen molar-refractivity contribution in [2.45, 2.75) is 19.3 Å². The zero-order chi connectivity index (χ0) is 7.66. The summed E-state index contributed by atoms with van der Waals surface area (Å²) in [5.41, 5.74) is 0. The van der Waals surface area contributed by atoms with Crippen molar-refractivity contribution in [2.24, 2.45) is 0 Å². The van der Waals surface area contributed by atoms with Crippen molar-refractivity contribution in [3.8, 4) is 0 Å². The lowest BCUT2D eigenvalue weighted by Crippen LogP contribution is -1.79. The van der Waals surface area contributed by atoms with Gasteiger partial charge in [0.25, 0.3) is 0 Å². The largest absolute Gasteiger partial charge is 0.396 e. The van der Waals surface area contributed by atoms with Gasteiger partial charge in [0.15, 0.2) is 0 Å². The molecule has 0 spiro atoms. The summed E-state index contributed by atoms with van der Waals surface area (Å²) < 4.78 is 4.94. The maximum Gasteiger partial charge on any atom is 0.0466 e. The smallest absolute Gasteiger partial charge is 0.0466 e. The van der Waals surface area contributed by atoms with Gasteiger partial charge in [-0.1, -0.05) is 0 Å². The third kappa shape index (κ3) is 8.21. The fourth-order valence-electron chi connectivity index (χ4n) is 0.570. The molecule has 0 aromatic rings. The highest BCUT2D eigenvalue weighted by atomic mass is 35.5. The highest BCUT2D eigenvalue weighted by Gasteiger charge is 1.94. The van der Waals surface area contributed by atoms with E-state index in [0.717, 1.165) is 13.2 Å². The first kappa shape index (κ1) is 10.2. The summed E-state index contributed by atoms with van der Waals surface area (Å²) in [4.78, 5) is 0. The van der Waals surface area contributed by atoms with Crippen LogP contribution in [0.4, 0.5) is 0 Å². The van der Waals surface area contributed by atoms with Crippen LogP contribution in [0.1, 0.15) is 19.3 Å². The zero-order valence-electron chi connectivity index (χ0n) is 6.18. The fraction of sp³-hybridized carbons (Fsp3) is 1.00. The Bertz CT molecular complexity index is 46.0. The van der Waals surface area contributed by atoms with Crippen LogP contribution in [-0.4, -0.2) is 30.8 Å². The molecular weight excluding hydrogens is 152 g/mol. The predicted octanol–water partition coefficient (Wildman–Crippen LogP) is 1.40. The van der Waals surface area contributed by atoms with E-state index in [0.29, 0.717) is 12.3 Å². The molecule has 1 aliphatic rings. The van der Waals surface area contributed by atoms with Gasteiger partial charge in [-0.25, -0.2) is 0 Å². The van der Waals surface area contributed by atoms with Crippen molar-refractivity contribution in [3.63, 3.8) is 0 Å². The number of aliphatic hydroxyl groups is 1. The first-order valence-electron chi connectivity index (χ1n) is 3.66. The molecule has 0 unspecified atom stereocenters. The Hall–Kier alpha value is 0.210. The first-order valence-corrected chi connectivity index (χ1v) is 4.20. The van der Waals surface area contributed by atoms with Gasteiger partial charge in [-0.2, -0.15) is 0 Å². The van der Waals surface area contributed by atoms with E-state index in [4.69, 9.17) is 21.4 Å². The van der Waals surface area contributed by atoms with Crippen molar-refractivity contribution in [1.29, 1.82) is 0 Å². The van der Waals surface area contributed by atoms with Crippen molar-refractivity contribution < 1.29 is 9.84 Å². The van der Waals surface area contributed by atoms with Gasteiger partial charge in [0.1, 0.15) is 0 Å². The molecule has 62 valence electrons. The Labute approximate surface area is 67.1 Å². The van der Waals surface area contributed by atoms with E-state index in [1.54, 1.807) is 0 Å². The number of halogens is 1. The molecule has 0 aromatic heterocycles. The second kappa shape index (κ2) is 9.21. The molecule has 1 heterocycles. The molecule has 0 saturated carbocycles. The van der Waals surface area contributed by atoms with Gasteiger partial charge in [0.05, 0.1) is 0 Å². The molecule has 0 aromatic carbocycles. The van der Waals surface area contributed by atoms with Crippen LogP contribution in [0.5, 0.6) is 0 Å². The summed E-state index contributed by atoms with van der Waals surface area (Å²) in [5, 5.41) is 7.98. The highest BCUT2D eigenvalue weighted by Crippen LogP contribution is 1.98. The normalized spacial score (nSPS) is 16.2. The Morgan fingerprint density at radius 2 is 1.90 bits per heavy atom. The van der Waals surface area contributed by atoms with Crippen LogP contribution in [0.25, 0.3) is 0 Å². The minimum absolute atomic E-state index is 0.212. The maximum absolute atomic E-state index is 7.98. The minimum Gasteiger partial charge on any atom is -0.396 e. The van der Waals surface area contributed by atoms with E-state index in [1.165, 1.54) is 12.8 Å². The average Bonchev–Trinajstić information content (AvgIpc) is 2.44. The number of aliphatic hydroxyl groups excluding tert-OH is 1. The van der Waals surface area contributed by atoms with Crippen LogP contribution in [0.15, 0.2) is 0 Å². The van der Waals surface area contributed by atoms with E-state index >= 15 is 0 Å². The molecule has 1 rings (SSSR count). The van der Waals surface area contributed by atoms with Crippen LogP contribution < -0.4 is 0 Å². The fourth-order valence-corrected chi connectivity index (χ4v) is 0.690. The summed E-state index contributed by atoms with van der Waals surface area (Å²) in [6.07, 6.45) is 3.27. The second-order valence-corrected chi connectivity index (χ2v) is 2.46. The number of hydrogen-bond acceptors (Lipinski definition) is 2. The van der Waals surface area contributed by atoms with E-state index in [9.17, 15) is 0 Å². The third-order valence-corrected chi connectivity index (χ3v) is 1.39. The third-order valence-electron chi connectivity index (χ3n) is 1.12. The molecule has 1 saturated heterocycles. The number of hydrogen-bond donors (Lipinski definition) is 1. The molecule has 1 N–H and O–H groups in total. The monoisotopic (exact) mass is 166 g/mol. The van der Waals surface area contributed by atoms with Crippen LogP contribution >= 0.6 is 11.6 Å². The Balaban J connectivity index is 0.000000162. The number of alkyl halides is 1. The molecule has 0 radical (unpaired) electrons. The van der Waals surface area contributed by atoms with Crippen molar-refractivity contribution in [2.75, 3.05) is 25.7 Å². The van der Waals surface area contributed by atoms with Gasteiger partial charge in [0, 0.05) is 25.7 Å². The van der Waals surface area contributed by atoms with Crippen LogP contribution in [0, 0.1) is 0 Å². The Morgan fingerprint density at radius 3 is 2.00 bits per heavy atom. The molecule has 3 heteroatoms. The summed E-state index contributed by atoms with van der Waals surface area (Å²) in [5.74, 6) is 0.566. The topological polar surface area (TPSA) is 29.5 Å². The maximum atomic E-state index is 7.98. The number of rotatable bonds is 2. The summed E-state index contributed by atoms with van der Waals surface area (Å²) >= 11 is 5.14. The zero-order valence-corrected chi connectivity index (χ0v) is 6.94. The van der Waals surface area contributed by atoms with Gasteiger partial charge in [-0.3, -0.25) is 0 Å². The molecule has 1 aliphatic heterocycles. The SMILES string of the molecule is C1CCOC1.OCCCCl. The summed E-state index contributed by atoms with van der Waals surface area (Å²) in [7, 11) is 0. The van der Waals surface area contributed by atoms with E-state index in [1.807, 2.05) is 0 Å². The van der Waals surface area contributed by atoms with E-state index < -0.39 is 0 Å².